The zero-order valence-electron chi connectivity index (χ0n) is 10.8. The van der Waals surface area contributed by atoms with Gasteiger partial charge >= 0.3 is 5.97 Å². The van der Waals surface area contributed by atoms with Crippen molar-refractivity contribution in [2.24, 2.45) is 0 Å². The van der Waals surface area contributed by atoms with Crippen LogP contribution in [0.5, 0.6) is 11.6 Å². The largest absolute Gasteiger partial charge is 0.477 e. The van der Waals surface area contributed by atoms with Crippen LogP contribution >= 0.6 is 11.6 Å². The number of aryl methyl sites for hydroxylation is 2. The monoisotopic (exact) mass is 295 g/mol. The van der Waals surface area contributed by atoms with Crippen LogP contribution in [0, 0.1) is 19.7 Å². The number of nitrogens with zero attached hydrogens (tertiary/aromatic N) is 1. The van der Waals surface area contributed by atoms with Gasteiger partial charge in [0, 0.05) is 5.69 Å². The number of rotatable bonds is 3. The van der Waals surface area contributed by atoms with Gasteiger partial charge < -0.3 is 9.84 Å². The third-order valence-corrected chi connectivity index (χ3v) is 2.94. The second kappa shape index (κ2) is 5.46. The second-order valence-electron chi connectivity index (χ2n) is 4.22. The fourth-order valence-corrected chi connectivity index (χ4v) is 1.97. The van der Waals surface area contributed by atoms with Crippen LogP contribution in [0.15, 0.2) is 24.3 Å². The molecule has 2 aromatic rings. The molecule has 0 amide bonds. The number of aromatic nitrogens is 1. The molecule has 2 rings (SSSR count). The molecule has 0 fully saturated rings. The molecule has 0 radical (unpaired) electrons. The van der Waals surface area contributed by atoms with Gasteiger partial charge in [0.05, 0.1) is 5.02 Å². The van der Waals surface area contributed by atoms with Crippen molar-refractivity contribution in [3.8, 4) is 11.6 Å². The zero-order valence-corrected chi connectivity index (χ0v) is 11.5. The SMILES string of the molecule is Cc1cc(C)c(C(=O)O)c(Oc2cccc(Cl)c2F)n1. The van der Waals surface area contributed by atoms with E-state index < -0.39 is 11.8 Å². The molecule has 1 aromatic heterocycles. The second-order valence-corrected chi connectivity index (χ2v) is 4.63. The zero-order chi connectivity index (χ0) is 14.9. The lowest BCUT2D eigenvalue weighted by Gasteiger charge is -2.11. The van der Waals surface area contributed by atoms with Crippen molar-refractivity contribution in [3.05, 3.63) is 51.9 Å². The Labute approximate surface area is 119 Å². The first-order valence-electron chi connectivity index (χ1n) is 5.73. The number of hydrogen-bond acceptors (Lipinski definition) is 3. The maximum atomic E-state index is 13.8. The first-order chi connectivity index (χ1) is 9.40. The van der Waals surface area contributed by atoms with Gasteiger partial charge in [-0.25, -0.2) is 14.2 Å². The van der Waals surface area contributed by atoms with E-state index in [1.807, 2.05) is 0 Å². The van der Waals surface area contributed by atoms with Gasteiger partial charge in [-0.1, -0.05) is 17.7 Å². The summed E-state index contributed by atoms with van der Waals surface area (Å²) in [5.74, 6) is -2.27. The predicted molar refractivity (Wildman–Crippen MR) is 72.2 cm³/mol. The van der Waals surface area contributed by atoms with Crippen molar-refractivity contribution in [3.63, 3.8) is 0 Å². The Morgan fingerprint density at radius 3 is 2.75 bits per heavy atom. The fourth-order valence-electron chi connectivity index (χ4n) is 1.80. The molecular weight excluding hydrogens is 285 g/mol. The van der Waals surface area contributed by atoms with Crippen molar-refractivity contribution >= 4 is 17.6 Å². The van der Waals surface area contributed by atoms with E-state index >= 15 is 0 Å². The summed E-state index contributed by atoms with van der Waals surface area (Å²) < 4.78 is 19.1. The summed E-state index contributed by atoms with van der Waals surface area (Å²) in [4.78, 5) is 15.3. The van der Waals surface area contributed by atoms with Crippen LogP contribution in [0.3, 0.4) is 0 Å². The van der Waals surface area contributed by atoms with Gasteiger partial charge in [-0.15, -0.1) is 0 Å². The van der Waals surface area contributed by atoms with E-state index in [1.54, 1.807) is 19.9 Å². The highest BCUT2D eigenvalue weighted by Gasteiger charge is 2.19. The highest BCUT2D eigenvalue weighted by Crippen LogP contribution is 2.31. The van der Waals surface area contributed by atoms with Gasteiger partial charge in [-0.2, -0.15) is 0 Å². The average Bonchev–Trinajstić information content (AvgIpc) is 2.33. The molecule has 0 atom stereocenters. The number of benzene rings is 1. The molecule has 4 nitrogen and oxygen atoms in total. The number of pyridine rings is 1. The lowest BCUT2D eigenvalue weighted by molar-refractivity contribution is 0.0692. The van der Waals surface area contributed by atoms with Gasteiger partial charge in [0.15, 0.2) is 11.6 Å². The number of hydrogen-bond donors (Lipinski definition) is 1. The molecule has 0 saturated carbocycles. The van der Waals surface area contributed by atoms with Crippen LogP contribution in [-0.2, 0) is 0 Å². The molecule has 1 aromatic carbocycles. The fraction of sp³-hybridized carbons (Fsp3) is 0.143. The van der Waals surface area contributed by atoms with Crippen LogP contribution in [0.4, 0.5) is 4.39 Å². The molecule has 20 heavy (non-hydrogen) atoms. The number of carboxylic acid groups (broad SMARTS) is 1. The van der Waals surface area contributed by atoms with E-state index in [4.69, 9.17) is 16.3 Å². The average molecular weight is 296 g/mol. The van der Waals surface area contributed by atoms with Crippen LogP contribution < -0.4 is 4.74 Å². The van der Waals surface area contributed by atoms with Crippen LogP contribution in [0.1, 0.15) is 21.6 Å². The lowest BCUT2D eigenvalue weighted by Crippen LogP contribution is -2.06. The normalized spacial score (nSPS) is 10.4. The Hall–Kier alpha value is -2.14. The molecule has 0 aliphatic carbocycles. The summed E-state index contributed by atoms with van der Waals surface area (Å²) >= 11 is 5.65. The van der Waals surface area contributed by atoms with Crippen LogP contribution in [0.25, 0.3) is 0 Å². The summed E-state index contributed by atoms with van der Waals surface area (Å²) in [6.07, 6.45) is 0. The smallest absolute Gasteiger partial charge is 0.341 e. The van der Waals surface area contributed by atoms with Gasteiger partial charge in [0.1, 0.15) is 5.56 Å². The Balaban J connectivity index is 2.53. The van der Waals surface area contributed by atoms with Gasteiger partial charge in [-0.3, -0.25) is 0 Å². The minimum Gasteiger partial charge on any atom is -0.477 e. The van der Waals surface area contributed by atoms with E-state index in [0.717, 1.165) is 0 Å². The number of carboxylic acids is 1. The first-order valence-corrected chi connectivity index (χ1v) is 6.11. The van der Waals surface area contributed by atoms with Crippen molar-refractivity contribution in [2.75, 3.05) is 0 Å². The maximum absolute atomic E-state index is 13.8. The third kappa shape index (κ3) is 2.72. The Kier molecular flexibility index (Phi) is 3.90. The molecule has 0 aliphatic heterocycles. The molecule has 104 valence electrons. The van der Waals surface area contributed by atoms with Gasteiger partial charge in [0.2, 0.25) is 5.88 Å². The van der Waals surface area contributed by atoms with Gasteiger partial charge in [0.25, 0.3) is 0 Å². The lowest BCUT2D eigenvalue weighted by atomic mass is 10.1. The Morgan fingerprint density at radius 2 is 2.10 bits per heavy atom. The van der Waals surface area contributed by atoms with Crippen molar-refractivity contribution in [2.45, 2.75) is 13.8 Å². The predicted octanol–water partition coefficient (Wildman–Crippen LogP) is 3.98. The van der Waals surface area contributed by atoms with E-state index in [1.165, 1.54) is 18.2 Å². The molecule has 0 bridgehead atoms. The minimum atomic E-state index is -1.19. The van der Waals surface area contributed by atoms with Crippen LogP contribution in [-0.4, -0.2) is 16.1 Å². The molecular formula is C14H11ClFNO3. The maximum Gasteiger partial charge on any atom is 0.341 e. The molecule has 0 saturated heterocycles. The van der Waals surface area contributed by atoms with Crippen LogP contribution in [0.2, 0.25) is 5.02 Å². The highest BCUT2D eigenvalue weighted by atomic mass is 35.5. The summed E-state index contributed by atoms with van der Waals surface area (Å²) in [6, 6.07) is 5.84. The summed E-state index contributed by atoms with van der Waals surface area (Å²) in [5.41, 5.74) is 0.961. The molecule has 1 heterocycles. The standard InChI is InChI=1S/C14H11ClFNO3/c1-7-6-8(2)17-13(11(7)14(18)19)20-10-5-3-4-9(15)12(10)16/h3-6H,1-2H3,(H,18,19). The number of ether oxygens (including phenoxy) is 1. The quantitative estimate of drug-likeness (QED) is 0.930. The van der Waals surface area contributed by atoms with E-state index in [9.17, 15) is 14.3 Å². The first kappa shape index (κ1) is 14.3. The van der Waals surface area contributed by atoms with Gasteiger partial charge in [-0.05, 0) is 37.6 Å². The molecule has 1 N–H and O–H groups in total. The summed E-state index contributed by atoms with van der Waals surface area (Å²) in [7, 11) is 0. The van der Waals surface area contributed by atoms with Crippen molar-refractivity contribution in [1.82, 2.24) is 4.98 Å². The van der Waals surface area contributed by atoms with E-state index in [0.29, 0.717) is 11.3 Å². The molecule has 0 aliphatic rings. The molecule has 0 unspecified atom stereocenters. The number of halogens is 2. The molecule has 0 spiro atoms. The van der Waals surface area contributed by atoms with Crippen molar-refractivity contribution < 1.29 is 19.0 Å². The van der Waals surface area contributed by atoms with E-state index in [-0.39, 0.29) is 22.2 Å². The number of aromatic carboxylic acids is 1. The summed E-state index contributed by atoms with van der Waals surface area (Å²) in [5, 5.41) is 9.09. The Morgan fingerprint density at radius 1 is 1.40 bits per heavy atom. The van der Waals surface area contributed by atoms with Crippen molar-refractivity contribution in [1.29, 1.82) is 0 Å². The molecule has 6 heteroatoms. The highest BCUT2D eigenvalue weighted by molar-refractivity contribution is 6.30. The van der Waals surface area contributed by atoms with E-state index in [2.05, 4.69) is 4.98 Å². The topological polar surface area (TPSA) is 59.4 Å². The number of carbonyl (C=O) groups is 1. The third-order valence-electron chi connectivity index (χ3n) is 2.65. The minimum absolute atomic E-state index is 0.102. The summed E-state index contributed by atoms with van der Waals surface area (Å²) in [6.45, 7) is 3.32. The Bertz CT molecular complexity index is 688.